The molecule has 3 atom stereocenters. The average molecular weight is 662 g/mol. The molecule has 1 N–H and O–H groups in total. The number of aromatic nitrogens is 2. The van der Waals surface area contributed by atoms with E-state index in [0.717, 1.165) is 70.8 Å². The number of hydrogen-bond donors (Lipinski definition) is 1. The molecular weight excluding hydrogens is 618 g/mol. The van der Waals surface area contributed by atoms with Crippen LogP contribution in [0.1, 0.15) is 43.0 Å². The Balaban J connectivity index is 1.22. The third-order valence-corrected chi connectivity index (χ3v) is 10.2. The number of nitrogens with zero attached hydrogens (tertiary/aromatic N) is 7. The number of nitriles is 1. The third kappa shape index (κ3) is 6.92. The summed E-state index contributed by atoms with van der Waals surface area (Å²) < 4.78 is 12.8. The maximum absolute atomic E-state index is 12.0. The van der Waals surface area contributed by atoms with Gasteiger partial charge in [0.05, 0.1) is 30.8 Å². The predicted octanol–water partition coefficient (Wildman–Crippen LogP) is 5.72. The Morgan fingerprint density at radius 2 is 1.86 bits per heavy atom. The number of piperazine rings is 1. The van der Waals surface area contributed by atoms with Gasteiger partial charge in [-0.3, -0.25) is 4.90 Å². The smallest absolute Gasteiger partial charge is 0.407 e. The van der Waals surface area contributed by atoms with Crippen LogP contribution in [0, 0.1) is 11.3 Å². The highest BCUT2D eigenvalue weighted by Crippen LogP contribution is 2.37. The molecule has 11 heteroatoms. The first kappa shape index (κ1) is 32.5. The van der Waals surface area contributed by atoms with Crippen molar-refractivity contribution in [3.05, 3.63) is 83.6 Å². The highest BCUT2D eigenvalue weighted by atomic mass is 16.5. The number of rotatable bonds is 9. The van der Waals surface area contributed by atoms with Crippen molar-refractivity contribution >= 4 is 28.4 Å². The number of hydrogen-bond acceptors (Lipinski definition) is 9. The van der Waals surface area contributed by atoms with E-state index in [2.05, 4.69) is 77.2 Å². The Morgan fingerprint density at radius 1 is 1.04 bits per heavy atom. The summed E-state index contributed by atoms with van der Waals surface area (Å²) in [6.45, 7) is 6.08. The van der Waals surface area contributed by atoms with Crippen LogP contribution in [0.2, 0.25) is 0 Å². The molecule has 7 rings (SSSR count). The van der Waals surface area contributed by atoms with Crippen LogP contribution in [0.25, 0.3) is 10.8 Å². The van der Waals surface area contributed by atoms with Crippen molar-refractivity contribution in [3.8, 4) is 17.8 Å². The number of benzene rings is 3. The van der Waals surface area contributed by atoms with Crippen LogP contribution in [0.15, 0.2) is 66.7 Å². The molecule has 0 spiro atoms. The zero-order valence-electron chi connectivity index (χ0n) is 28.2. The summed E-state index contributed by atoms with van der Waals surface area (Å²) in [5.74, 6) is 1.59. The second-order valence-electron chi connectivity index (χ2n) is 13.3. The van der Waals surface area contributed by atoms with Crippen LogP contribution in [-0.4, -0.2) is 88.9 Å². The number of amides is 1. The molecule has 254 valence electrons. The van der Waals surface area contributed by atoms with Gasteiger partial charge in [-0.1, -0.05) is 54.6 Å². The Kier molecular flexibility index (Phi) is 9.40. The summed E-state index contributed by atoms with van der Waals surface area (Å²) >= 11 is 0. The summed E-state index contributed by atoms with van der Waals surface area (Å²) in [6.07, 6.45) is 1.92. The van der Waals surface area contributed by atoms with E-state index in [-0.39, 0.29) is 18.6 Å². The molecule has 4 aromatic rings. The van der Waals surface area contributed by atoms with Gasteiger partial charge in [0.2, 0.25) is 0 Å². The molecule has 4 heterocycles. The molecule has 3 aromatic carbocycles. The van der Waals surface area contributed by atoms with Crippen LogP contribution in [-0.2, 0) is 19.6 Å². The van der Waals surface area contributed by atoms with Gasteiger partial charge in [-0.25, -0.2) is 4.79 Å². The second-order valence-corrected chi connectivity index (χ2v) is 13.3. The normalized spacial score (nSPS) is 20.1. The summed E-state index contributed by atoms with van der Waals surface area (Å²) in [5.41, 5.74) is 4.14. The summed E-state index contributed by atoms with van der Waals surface area (Å²) in [7, 11) is 2.13. The molecule has 0 bridgehead atoms. The number of carboxylic acid groups (broad SMARTS) is 1. The lowest BCUT2D eigenvalue weighted by Crippen LogP contribution is -2.55. The van der Waals surface area contributed by atoms with E-state index < -0.39 is 12.1 Å². The SMILES string of the molecule is CC(Oc1nc2c(c(N3CCN(C(=O)O)[C@@H](CC#N)C3)n1)CCN(c1cc(OCc3ccccc3)cc3ccccc13)C2)[C@H]1CCCN1C. The first-order valence-electron chi connectivity index (χ1n) is 17.2. The summed E-state index contributed by atoms with van der Waals surface area (Å²) in [4.78, 5) is 30.2. The Morgan fingerprint density at radius 3 is 2.63 bits per heavy atom. The monoisotopic (exact) mass is 661 g/mol. The molecule has 0 saturated carbocycles. The van der Waals surface area contributed by atoms with E-state index in [0.29, 0.717) is 45.2 Å². The van der Waals surface area contributed by atoms with E-state index >= 15 is 0 Å². The molecule has 2 saturated heterocycles. The molecule has 3 aliphatic rings. The fourth-order valence-electron chi connectivity index (χ4n) is 7.61. The number of likely N-dealkylation sites (N-methyl/N-ethyl adjacent to an activating group) is 1. The van der Waals surface area contributed by atoms with Gasteiger partial charge in [-0.2, -0.15) is 15.2 Å². The maximum Gasteiger partial charge on any atom is 0.407 e. The van der Waals surface area contributed by atoms with E-state index in [1.54, 1.807) is 0 Å². The van der Waals surface area contributed by atoms with Crippen molar-refractivity contribution in [2.45, 2.75) is 63.9 Å². The third-order valence-electron chi connectivity index (χ3n) is 10.2. The standard InChI is InChI=1S/C38H43N7O4/c1-26(34-13-8-17-42(34)2)49-37-40-33-24-43(18-15-32(33)36(41-37)44-19-20-45(38(46)47)29(23-44)14-16-39)35-22-30(21-28-11-6-7-12-31(28)35)48-25-27-9-4-3-5-10-27/h3-7,9-12,21-22,26,29,34H,8,13-15,17-20,23-25H2,1-2H3,(H,46,47)/t26?,29-,34+/m0/s1. The summed E-state index contributed by atoms with van der Waals surface area (Å²) in [6, 6.07) is 25.1. The number of carbonyl (C=O) groups is 1. The molecule has 0 radical (unpaired) electrons. The number of likely N-dealkylation sites (tertiary alicyclic amines) is 1. The molecular formula is C38H43N7O4. The van der Waals surface area contributed by atoms with Crippen molar-refractivity contribution < 1.29 is 19.4 Å². The molecule has 49 heavy (non-hydrogen) atoms. The topological polar surface area (TPSA) is 118 Å². The van der Waals surface area contributed by atoms with Crippen molar-refractivity contribution in [3.63, 3.8) is 0 Å². The predicted molar refractivity (Wildman–Crippen MR) is 188 cm³/mol. The van der Waals surface area contributed by atoms with Gasteiger partial charge in [0.1, 0.15) is 24.3 Å². The van der Waals surface area contributed by atoms with E-state index in [4.69, 9.17) is 19.4 Å². The molecule has 1 unspecified atom stereocenters. The van der Waals surface area contributed by atoms with Gasteiger partial charge in [-0.15, -0.1) is 0 Å². The first-order chi connectivity index (χ1) is 23.9. The Hall–Kier alpha value is -5.08. The lowest BCUT2D eigenvalue weighted by atomic mass is 10.0. The molecule has 1 aromatic heterocycles. The van der Waals surface area contributed by atoms with Crippen LogP contribution >= 0.6 is 0 Å². The largest absolute Gasteiger partial charge is 0.489 e. The molecule has 0 aliphatic carbocycles. The van der Waals surface area contributed by atoms with E-state index in [9.17, 15) is 15.2 Å². The van der Waals surface area contributed by atoms with Gasteiger partial charge in [-0.05, 0) is 56.8 Å². The fraction of sp³-hybridized carbons (Fsp3) is 0.421. The minimum atomic E-state index is -0.999. The summed E-state index contributed by atoms with van der Waals surface area (Å²) in [5, 5.41) is 21.6. The van der Waals surface area contributed by atoms with Gasteiger partial charge < -0.3 is 29.3 Å². The minimum Gasteiger partial charge on any atom is -0.489 e. The maximum atomic E-state index is 12.0. The number of anilines is 2. The van der Waals surface area contributed by atoms with Crippen molar-refractivity contribution in [1.82, 2.24) is 19.8 Å². The highest BCUT2D eigenvalue weighted by Gasteiger charge is 2.35. The van der Waals surface area contributed by atoms with Gasteiger partial charge in [0.15, 0.2) is 0 Å². The lowest BCUT2D eigenvalue weighted by molar-refractivity contribution is 0.110. The van der Waals surface area contributed by atoms with E-state index in [1.807, 2.05) is 24.3 Å². The van der Waals surface area contributed by atoms with Crippen LogP contribution in [0.4, 0.5) is 16.3 Å². The van der Waals surface area contributed by atoms with Gasteiger partial charge in [0, 0.05) is 54.9 Å². The number of ether oxygens (including phenoxy) is 2. The number of fused-ring (bicyclic) bond motifs is 2. The van der Waals surface area contributed by atoms with Gasteiger partial charge >= 0.3 is 12.1 Å². The first-order valence-corrected chi connectivity index (χ1v) is 17.2. The fourth-order valence-corrected chi connectivity index (χ4v) is 7.61. The zero-order valence-corrected chi connectivity index (χ0v) is 28.2. The van der Waals surface area contributed by atoms with Crippen LogP contribution in [0.3, 0.4) is 0 Å². The van der Waals surface area contributed by atoms with Crippen molar-refractivity contribution in [2.75, 3.05) is 49.6 Å². The Labute approximate surface area is 287 Å². The molecule has 3 aliphatic heterocycles. The van der Waals surface area contributed by atoms with Crippen LogP contribution < -0.4 is 19.3 Å². The van der Waals surface area contributed by atoms with Gasteiger partial charge in [0.25, 0.3) is 0 Å². The van der Waals surface area contributed by atoms with Crippen molar-refractivity contribution in [1.29, 1.82) is 5.26 Å². The minimum absolute atomic E-state index is 0.101. The van der Waals surface area contributed by atoms with Crippen molar-refractivity contribution in [2.24, 2.45) is 0 Å². The lowest BCUT2D eigenvalue weighted by Gasteiger charge is -2.41. The molecule has 11 nitrogen and oxygen atoms in total. The highest BCUT2D eigenvalue weighted by molar-refractivity contribution is 5.95. The average Bonchev–Trinajstić information content (AvgIpc) is 3.56. The second kappa shape index (κ2) is 14.2. The van der Waals surface area contributed by atoms with Crippen LogP contribution in [0.5, 0.6) is 11.8 Å². The van der Waals surface area contributed by atoms with E-state index in [1.165, 1.54) is 4.90 Å². The quantitative estimate of drug-likeness (QED) is 0.239. The Bertz CT molecular complexity index is 1850. The molecule has 1 amide bonds. The molecule has 2 fully saturated rings. The zero-order chi connectivity index (χ0) is 33.9.